The molecule has 0 N–H and O–H groups in total. The Hall–Kier alpha value is -7.77. The van der Waals surface area contributed by atoms with Crippen LogP contribution in [0, 0.1) is 0 Å². The number of nitrogens with zero attached hydrogens (tertiary/aromatic N) is 5. The van der Waals surface area contributed by atoms with Crippen LogP contribution in [0.1, 0.15) is 12.7 Å². The first-order valence-electron chi connectivity index (χ1n) is 18.7. The summed E-state index contributed by atoms with van der Waals surface area (Å²) in [6.07, 6.45) is 7.52. The minimum atomic E-state index is 0.542. The maximum Gasteiger partial charge on any atom is 0.180 e. The fourth-order valence-corrected chi connectivity index (χ4v) is 7.29. The molecule has 0 fully saturated rings. The SMILES string of the molecule is C=C/C=C\C=C(/C)c1nc(-c2ccccc2)nc(-c2cccc3oc4ccc(-c5nc(-c6cccc(-c7ccccc7)c6)nc6c5oc5ccccc56)cc4c23)n1. The van der Waals surface area contributed by atoms with Crippen LogP contribution >= 0.6 is 0 Å². The van der Waals surface area contributed by atoms with Crippen molar-refractivity contribution in [2.75, 3.05) is 0 Å². The molecule has 0 bridgehead atoms. The van der Waals surface area contributed by atoms with Crippen molar-refractivity contribution in [1.29, 1.82) is 0 Å². The minimum absolute atomic E-state index is 0.542. The van der Waals surface area contributed by atoms with Crippen LogP contribution in [-0.2, 0) is 0 Å². The molecule has 10 aromatic rings. The average Bonchev–Trinajstić information content (AvgIpc) is 3.85. The second-order valence-corrected chi connectivity index (χ2v) is 13.8. The molecule has 270 valence electrons. The first-order chi connectivity index (χ1) is 28.1. The van der Waals surface area contributed by atoms with Crippen LogP contribution in [0.2, 0.25) is 0 Å². The van der Waals surface area contributed by atoms with Gasteiger partial charge in [0.1, 0.15) is 28.0 Å². The van der Waals surface area contributed by atoms with E-state index in [1.54, 1.807) is 6.08 Å². The molecule has 0 aliphatic rings. The summed E-state index contributed by atoms with van der Waals surface area (Å²) in [5.41, 5.74) is 10.9. The monoisotopic (exact) mass is 735 g/mol. The summed E-state index contributed by atoms with van der Waals surface area (Å²) < 4.78 is 13.0. The third-order valence-electron chi connectivity index (χ3n) is 10.1. The summed E-state index contributed by atoms with van der Waals surface area (Å²) in [5, 5.41) is 2.72. The van der Waals surface area contributed by atoms with Crippen LogP contribution in [0.3, 0.4) is 0 Å². The van der Waals surface area contributed by atoms with Gasteiger partial charge in [0.25, 0.3) is 0 Å². The number of aromatic nitrogens is 5. The van der Waals surface area contributed by atoms with Gasteiger partial charge in [-0.25, -0.2) is 24.9 Å². The summed E-state index contributed by atoms with van der Waals surface area (Å²) >= 11 is 0. The van der Waals surface area contributed by atoms with Gasteiger partial charge in [0, 0.05) is 38.4 Å². The molecule has 0 unspecified atom stereocenters. The van der Waals surface area contributed by atoms with Crippen molar-refractivity contribution >= 4 is 49.6 Å². The Balaban J connectivity index is 1.18. The van der Waals surface area contributed by atoms with E-state index in [1.165, 1.54) is 0 Å². The maximum atomic E-state index is 6.53. The van der Waals surface area contributed by atoms with E-state index in [1.807, 2.05) is 128 Å². The number of furan rings is 2. The molecule has 4 heterocycles. The molecule has 0 aliphatic heterocycles. The van der Waals surface area contributed by atoms with Gasteiger partial charge >= 0.3 is 0 Å². The largest absolute Gasteiger partial charge is 0.456 e. The van der Waals surface area contributed by atoms with Crippen LogP contribution in [0.15, 0.2) is 185 Å². The Morgan fingerprint density at radius 3 is 2.04 bits per heavy atom. The van der Waals surface area contributed by atoms with Crippen LogP contribution in [0.25, 0.3) is 106 Å². The second-order valence-electron chi connectivity index (χ2n) is 13.8. The van der Waals surface area contributed by atoms with Gasteiger partial charge in [-0.3, -0.25) is 0 Å². The van der Waals surface area contributed by atoms with E-state index >= 15 is 0 Å². The van der Waals surface area contributed by atoms with E-state index in [0.717, 1.165) is 77.4 Å². The molecule has 7 nitrogen and oxygen atoms in total. The topological polar surface area (TPSA) is 90.7 Å². The van der Waals surface area contributed by atoms with Gasteiger partial charge in [-0.2, -0.15) is 0 Å². The van der Waals surface area contributed by atoms with Crippen molar-refractivity contribution in [3.63, 3.8) is 0 Å². The molecule has 0 spiro atoms. The number of allylic oxidation sites excluding steroid dienone is 5. The van der Waals surface area contributed by atoms with Crippen LogP contribution in [-0.4, -0.2) is 24.9 Å². The summed E-state index contributed by atoms with van der Waals surface area (Å²) in [6, 6.07) is 48.8. The molecule has 0 radical (unpaired) electrons. The summed E-state index contributed by atoms with van der Waals surface area (Å²) in [6.45, 7) is 5.78. The standard InChI is InChI=1S/C50H33N5O2/c1-3-4-7-16-31(2)47-53-48(33-19-10-6-11-20-33)55-50(54-47)38-24-15-26-42-43(38)39-30-35(27-28-41(39)56-42)44-46-45(37-23-12-13-25-40(37)57-46)52-49(51-44)36-22-14-21-34(29-36)32-17-8-5-9-18-32/h3-30H,1H2,2H3/b7-4-,31-16+. The highest BCUT2D eigenvalue weighted by Gasteiger charge is 2.22. The van der Waals surface area contributed by atoms with Crippen molar-refractivity contribution in [1.82, 2.24) is 24.9 Å². The zero-order valence-corrected chi connectivity index (χ0v) is 30.9. The molecule has 0 saturated heterocycles. The molecule has 6 aromatic carbocycles. The van der Waals surface area contributed by atoms with Gasteiger partial charge in [-0.15, -0.1) is 0 Å². The highest BCUT2D eigenvalue weighted by molar-refractivity contribution is 6.14. The number of rotatable bonds is 8. The van der Waals surface area contributed by atoms with Crippen molar-refractivity contribution in [2.24, 2.45) is 0 Å². The predicted octanol–water partition coefficient (Wildman–Crippen LogP) is 12.9. The molecular weight excluding hydrogens is 703 g/mol. The van der Waals surface area contributed by atoms with E-state index < -0.39 is 0 Å². The Bertz CT molecular complexity index is 3210. The Morgan fingerprint density at radius 2 is 1.19 bits per heavy atom. The van der Waals surface area contributed by atoms with Crippen molar-refractivity contribution in [3.8, 4) is 56.5 Å². The predicted molar refractivity (Wildman–Crippen MR) is 230 cm³/mol. The van der Waals surface area contributed by atoms with E-state index in [4.69, 9.17) is 33.8 Å². The number of fused-ring (bicyclic) bond motifs is 6. The number of para-hydroxylation sites is 1. The highest BCUT2D eigenvalue weighted by Crippen LogP contribution is 2.41. The first-order valence-corrected chi connectivity index (χ1v) is 18.7. The lowest BCUT2D eigenvalue weighted by Crippen LogP contribution is -2.02. The lowest BCUT2D eigenvalue weighted by molar-refractivity contribution is 0.666. The zero-order chi connectivity index (χ0) is 38.3. The fraction of sp³-hybridized carbons (Fsp3) is 0.0200. The molecule has 0 aliphatic carbocycles. The Labute approximate surface area is 328 Å². The molecule has 7 heteroatoms. The van der Waals surface area contributed by atoms with Gasteiger partial charge in [0.15, 0.2) is 28.9 Å². The lowest BCUT2D eigenvalue weighted by Gasteiger charge is -2.10. The fourth-order valence-electron chi connectivity index (χ4n) is 7.29. The molecule has 4 aromatic heterocycles. The van der Waals surface area contributed by atoms with Crippen molar-refractivity contribution in [2.45, 2.75) is 6.92 Å². The van der Waals surface area contributed by atoms with Crippen molar-refractivity contribution < 1.29 is 8.83 Å². The molecule has 0 atom stereocenters. The lowest BCUT2D eigenvalue weighted by atomic mass is 10.0. The third-order valence-corrected chi connectivity index (χ3v) is 10.1. The summed E-state index contributed by atoms with van der Waals surface area (Å²) in [7, 11) is 0. The molecular formula is C50H33N5O2. The number of benzene rings is 6. The van der Waals surface area contributed by atoms with Gasteiger partial charge in [-0.05, 0) is 66.1 Å². The summed E-state index contributed by atoms with van der Waals surface area (Å²) in [5.74, 6) is 2.31. The minimum Gasteiger partial charge on any atom is -0.456 e. The average molecular weight is 736 g/mol. The van der Waals surface area contributed by atoms with E-state index in [0.29, 0.717) is 34.6 Å². The van der Waals surface area contributed by atoms with E-state index in [-0.39, 0.29) is 0 Å². The molecule has 10 rings (SSSR count). The third kappa shape index (κ3) is 6.17. The van der Waals surface area contributed by atoms with Crippen LogP contribution in [0.5, 0.6) is 0 Å². The first kappa shape index (κ1) is 33.8. The van der Waals surface area contributed by atoms with Crippen LogP contribution < -0.4 is 0 Å². The van der Waals surface area contributed by atoms with Gasteiger partial charge in [0.05, 0.1) is 0 Å². The van der Waals surface area contributed by atoms with Gasteiger partial charge in [0.2, 0.25) is 0 Å². The smallest absolute Gasteiger partial charge is 0.180 e. The Kier molecular flexibility index (Phi) is 8.38. The van der Waals surface area contributed by atoms with Gasteiger partial charge < -0.3 is 8.83 Å². The van der Waals surface area contributed by atoms with E-state index in [2.05, 4.69) is 49.0 Å². The normalized spacial score (nSPS) is 12.1. The number of hydrogen-bond donors (Lipinski definition) is 0. The molecule has 57 heavy (non-hydrogen) atoms. The summed E-state index contributed by atoms with van der Waals surface area (Å²) in [4.78, 5) is 25.4. The van der Waals surface area contributed by atoms with E-state index in [9.17, 15) is 0 Å². The maximum absolute atomic E-state index is 6.53. The van der Waals surface area contributed by atoms with Crippen molar-refractivity contribution in [3.05, 3.63) is 182 Å². The molecule has 0 amide bonds. The Morgan fingerprint density at radius 1 is 0.509 bits per heavy atom. The molecule has 0 saturated carbocycles. The zero-order valence-electron chi connectivity index (χ0n) is 30.9. The van der Waals surface area contributed by atoms with Crippen LogP contribution in [0.4, 0.5) is 0 Å². The van der Waals surface area contributed by atoms with Gasteiger partial charge in [-0.1, -0.05) is 134 Å². The highest BCUT2D eigenvalue weighted by atomic mass is 16.3. The second kappa shape index (κ2) is 14.1. The quantitative estimate of drug-likeness (QED) is 0.143. The number of hydrogen-bond acceptors (Lipinski definition) is 7.